The molecule has 1 fully saturated rings. The predicted molar refractivity (Wildman–Crippen MR) is 102 cm³/mol. The van der Waals surface area contributed by atoms with Gasteiger partial charge in [-0.25, -0.2) is 0 Å². The van der Waals surface area contributed by atoms with E-state index < -0.39 is 0 Å². The molecule has 2 aromatic rings. The van der Waals surface area contributed by atoms with E-state index in [0.717, 1.165) is 18.3 Å². The fourth-order valence-corrected chi connectivity index (χ4v) is 3.96. The highest BCUT2D eigenvalue weighted by Crippen LogP contribution is 2.35. The van der Waals surface area contributed by atoms with Crippen LogP contribution in [0.5, 0.6) is 0 Å². The molecule has 2 aromatic carbocycles. The third-order valence-electron chi connectivity index (χ3n) is 5.86. The summed E-state index contributed by atoms with van der Waals surface area (Å²) < 4.78 is 0. The largest absolute Gasteiger partial charge is 0.0625 e. The van der Waals surface area contributed by atoms with E-state index in [1.165, 1.54) is 53.5 Å². The van der Waals surface area contributed by atoms with Gasteiger partial charge in [-0.3, -0.25) is 0 Å². The first-order valence-corrected chi connectivity index (χ1v) is 9.18. The van der Waals surface area contributed by atoms with Crippen LogP contribution in [0.4, 0.5) is 0 Å². The molecular weight excluding hydrogens is 276 g/mol. The van der Waals surface area contributed by atoms with Crippen LogP contribution < -0.4 is 0 Å². The molecule has 1 aliphatic carbocycles. The quantitative estimate of drug-likeness (QED) is 0.589. The van der Waals surface area contributed by atoms with Crippen molar-refractivity contribution in [3.8, 4) is 0 Å². The van der Waals surface area contributed by atoms with E-state index in [9.17, 15) is 0 Å². The number of hydrogen-bond donors (Lipinski definition) is 0. The maximum absolute atomic E-state index is 2.39. The topological polar surface area (TPSA) is 0 Å². The minimum atomic E-state index is 0. The number of benzene rings is 2. The van der Waals surface area contributed by atoms with E-state index in [1.54, 1.807) is 5.56 Å². The first-order chi connectivity index (χ1) is 11.0. The molecule has 23 heavy (non-hydrogen) atoms. The maximum atomic E-state index is 2.39. The van der Waals surface area contributed by atoms with Gasteiger partial charge in [0.25, 0.3) is 0 Å². The SMILES string of the molecule is Cc1cc(Cc2ccc(C3CCC(C)CC3)cc2)cc(C)c1C.[HH]. The van der Waals surface area contributed by atoms with Crippen molar-refractivity contribution in [2.75, 3.05) is 0 Å². The van der Waals surface area contributed by atoms with Crippen molar-refractivity contribution in [1.29, 1.82) is 0 Å². The predicted octanol–water partition coefficient (Wildman–Crippen LogP) is 6.74. The van der Waals surface area contributed by atoms with Gasteiger partial charge in [0, 0.05) is 1.43 Å². The second-order valence-electron chi connectivity index (χ2n) is 7.73. The van der Waals surface area contributed by atoms with Crippen LogP contribution in [-0.4, -0.2) is 0 Å². The van der Waals surface area contributed by atoms with E-state index in [-0.39, 0.29) is 1.43 Å². The Kier molecular flexibility index (Phi) is 4.90. The highest BCUT2D eigenvalue weighted by atomic mass is 14.2. The van der Waals surface area contributed by atoms with Gasteiger partial charge in [0.05, 0.1) is 0 Å². The van der Waals surface area contributed by atoms with Crippen molar-refractivity contribution >= 4 is 0 Å². The molecule has 0 heterocycles. The van der Waals surface area contributed by atoms with Gasteiger partial charge in [-0.05, 0) is 85.3 Å². The lowest BCUT2D eigenvalue weighted by molar-refractivity contribution is 0.348. The highest BCUT2D eigenvalue weighted by molar-refractivity contribution is 5.39. The lowest BCUT2D eigenvalue weighted by atomic mass is 9.79. The van der Waals surface area contributed by atoms with E-state index >= 15 is 0 Å². The zero-order valence-corrected chi connectivity index (χ0v) is 15.2. The fourth-order valence-electron chi connectivity index (χ4n) is 3.96. The van der Waals surface area contributed by atoms with Gasteiger partial charge in [0.1, 0.15) is 0 Å². The molecule has 0 radical (unpaired) electrons. The van der Waals surface area contributed by atoms with Gasteiger partial charge >= 0.3 is 0 Å². The summed E-state index contributed by atoms with van der Waals surface area (Å²) in [6.45, 7) is 9.05. The number of hydrogen-bond acceptors (Lipinski definition) is 0. The average molecular weight is 309 g/mol. The van der Waals surface area contributed by atoms with Crippen LogP contribution in [0.3, 0.4) is 0 Å². The second-order valence-corrected chi connectivity index (χ2v) is 7.73. The van der Waals surface area contributed by atoms with Gasteiger partial charge < -0.3 is 0 Å². The van der Waals surface area contributed by atoms with Gasteiger partial charge in [0.15, 0.2) is 0 Å². The van der Waals surface area contributed by atoms with Crippen LogP contribution in [0.1, 0.15) is 73.3 Å². The highest BCUT2D eigenvalue weighted by Gasteiger charge is 2.19. The Morgan fingerprint density at radius 2 is 1.39 bits per heavy atom. The van der Waals surface area contributed by atoms with Crippen LogP contribution in [0.15, 0.2) is 36.4 Å². The molecule has 0 spiro atoms. The molecule has 124 valence electrons. The Labute approximate surface area is 143 Å². The molecule has 0 amide bonds. The summed E-state index contributed by atoms with van der Waals surface area (Å²) in [5, 5.41) is 0. The summed E-state index contributed by atoms with van der Waals surface area (Å²) in [5.74, 6) is 1.72. The van der Waals surface area contributed by atoms with E-state index in [2.05, 4.69) is 64.1 Å². The van der Waals surface area contributed by atoms with Gasteiger partial charge in [-0.15, -0.1) is 0 Å². The smallest absolute Gasteiger partial charge is 0 e. The summed E-state index contributed by atoms with van der Waals surface area (Å²) in [6, 6.07) is 14.1. The summed E-state index contributed by atoms with van der Waals surface area (Å²) in [6.07, 6.45) is 6.58. The van der Waals surface area contributed by atoms with Crippen molar-refractivity contribution in [2.45, 2.75) is 65.7 Å². The normalized spacial score (nSPS) is 21.4. The molecule has 0 N–H and O–H groups in total. The Morgan fingerprint density at radius 3 is 1.96 bits per heavy atom. The Bertz CT molecular complexity index is 638. The molecule has 3 rings (SSSR count). The third kappa shape index (κ3) is 3.86. The summed E-state index contributed by atoms with van der Waals surface area (Å²) in [5.41, 5.74) is 8.67. The summed E-state index contributed by atoms with van der Waals surface area (Å²) in [7, 11) is 0. The van der Waals surface area contributed by atoms with E-state index in [0.29, 0.717) is 0 Å². The summed E-state index contributed by atoms with van der Waals surface area (Å²) >= 11 is 0. The zero-order chi connectivity index (χ0) is 16.4. The molecule has 0 bridgehead atoms. The minimum absolute atomic E-state index is 0. The molecule has 1 saturated carbocycles. The molecule has 0 saturated heterocycles. The van der Waals surface area contributed by atoms with Crippen molar-refractivity contribution in [1.82, 2.24) is 0 Å². The van der Waals surface area contributed by atoms with Gasteiger partial charge in [-0.1, -0.05) is 56.2 Å². The molecular formula is C23H32. The van der Waals surface area contributed by atoms with E-state index in [1.807, 2.05) is 0 Å². The minimum Gasteiger partial charge on any atom is -0.0625 e. The lowest BCUT2D eigenvalue weighted by Gasteiger charge is -2.26. The lowest BCUT2D eigenvalue weighted by Crippen LogP contribution is -2.10. The third-order valence-corrected chi connectivity index (χ3v) is 5.86. The van der Waals surface area contributed by atoms with Gasteiger partial charge in [0.2, 0.25) is 0 Å². The molecule has 0 aliphatic heterocycles. The number of rotatable bonds is 3. The Hall–Kier alpha value is -1.56. The fraction of sp³-hybridized carbons (Fsp3) is 0.478. The van der Waals surface area contributed by atoms with Crippen LogP contribution >= 0.6 is 0 Å². The number of aryl methyl sites for hydroxylation is 2. The van der Waals surface area contributed by atoms with Crippen molar-refractivity contribution in [3.63, 3.8) is 0 Å². The van der Waals surface area contributed by atoms with Crippen molar-refractivity contribution < 1.29 is 1.43 Å². The Balaban J connectivity index is 0.00000208. The molecule has 0 nitrogen and oxygen atoms in total. The molecule has 1 aliphatic rings. The molecule has 0 heteroatoms. The van der Waals surface area contributed by atoms with Crippen molar-refractivity contribution in [3.05, 3.63) is 69.8 Å². The summed E-state index contributed by atoms with van der Waals surface area (Å²) in [4.78, 5) is 0. The van der Waals surface area contributed by atoms with E-state index in [4.69, 9.17) is 0 Å². The average Bonchev–Trinajstić information content (AvgIpc) is 2.54. The zero-order valence-electron chi connectivity index (χ0n) is 15.2. The maximum Gasteiger partial charge on any atom is 0 e. The van der Waals surface area contributed by atoms with Crippen LogP contribution in [-0.2, 0) is 6.42 Å². The van der Waals surface area contributed by atoms with Crippen LogP contribution in [0, 0.1) is 26.7 Å². The first-order valence-electron chi connectivity index (χ1n) is 9.18. The van der Waals surface area contributed by atoms with Crippen LogP contribution in [0.2, 0.25) is 0 Å². The second kappa shape index (κ2) is 6.91. The van der Waals surface area contributed by atoms with Gasteiger partial charge in [-0.2, -0.15) is 0 Å². The van der Waals surface area contributed by atoms with Crippen molar-refractivity contribution in [2.24, 2.45) is 5.92 Å². The standard InChI is InChI=1S/C23H30.H2/c1-16-5-9-22(10-6-16)23-11-7-20(8-12-23)15-21-13-17(2)19(4)18(3)14-21;/h7-8,11-14,16,22H,5-6,9-10,15H2,1-4H3;1H. The Morgan fingerprint density at radius 1 is 0.826 bits per heavy atom. The monoisotopic (exact) mass is 308 g/mol. The molecule has 0 atom stereocenters. The molecule has 0 unspecified atom stereocenters. The van der Waals surface area contributed by atoms with Crippen LogP contribution in [0.25, 0.3) is 0 Å². The molecule has 0 aromatic heterocycles. The first kappa shape index (κ1) is 16.3.